The smallest absolute Gasteiger partial charge is 0.270 e. The van der Waals surface area contributed by atoms with Crippen LogP contribution in [0.4, 0.5) is 0 Å². The van der Waals surface area contributed by atoms with E-state index in [0.29, 0.717) is 25.3 Å². The van der Waals surface area contributed by atoms with Crippen LogP contribution in [-0.2, 0) is 18.4 Å². The van der Waals surface area contributed by atoms with Gasteiger partial charge in [-0.05, 0) is 42.8 Å². The summed E-state index contributed by atoms with van der Waals surface area (Å²) in [6.07, 6.45) is 1.68. The van der Waals surface area contributed by atoms with Gasteiger partial charge in [-0.2, -0.15) is 0 Å². The van der Waals surface area contributed by atoms with E-state index in [4.69, 9.17) is 0 Å². The van der Waals surface area contributed by atoms with E-state index in [1.54, 1.807) is 11.3 Å². The molecule has 0 bridgehead atoms. The monoisotopic (exact) mass is 395 g/mol. The van der Waals surface area contributed by atoms with Crippen molar-refractivity contribution in [1.29, 1.82) is 0 Å². The van der Waals surface area contributed by atoms with E-state index in [1.807, 2.05) is 65.2 Å². The van der Waals surface area contributed by atoms with E-state index in [9.17, 15) is 9.59 Å². The van der Waals surface area contributed by atoms with Crippen LogP contribution in [0.2, 0.25) is 0 Å². The van der Waals surface area contributed by atoms with E-state index in [-0.39, 0.29) is 17.7 Å². The Bertz CT molecular complexity index is 1000. The molecule has 6 heteroatoms. The van der Waals surface area contributed by atoms with Crippen molar-refractivity contribution in [1.82, 2.24) is 14.8 Å². The van der Waals surface area contributed by atoms with Crippen LogP contribution in [0, 0.1) is 12.8 Å². The number of aryl methyl sites for hydroxylation is 2. The number of nitrogens with one attached hydrogen (secondary N) is 1. The van der Waals surface area contributed by atoms with Crippen molar-refractivity contribution in [2.24, 2.45) is 13.0 Å². The summed E-state index contributed by atoms with van der Waals surface area (Å²) in [4.78, 5) is 27.5. The Kier molecular flexibility index (Phi) is 5.22. The van der Waals surface area contributed by atoms with Gasteiger partial charge in [-0.15, -0.1) is 11.3 Å². The van der Waals surface area contributed by atoms with Gasteiger partial charge in [0.05, 0.1) is 16.1 Å². The first kappa shape index (κ1) is 18.7. The van der Waals surface area contributed by atoms with Crippen LogP contribution in [0.25, 0.3) is 10.2 Å². The third-order valence-corrected chi connectivity index (χ3v) is 6.40. The van der Waals surface area contributed by atoms with Crippen molar-refractivity contribution in [3.8, 4) is 0 Å². The number of likely N-dealkylation sites (tertiary alicyclic amines) is 1. The number of amides is 2. The fraction of sp³-hybridized carbons (Fsp3) is 0.364. The van der Waals surface area contributed by atoms with Gasteiger partial charge in [-0.1, -0.05) is 29.8 Å². The molecule has 1 unspecified atom stereocenters. The molecule has 28 heavy (non-hydrogen) atoms. The summed E-state index contributed by atoms with van der Waals surface area (Å²) >= 11 is 1.64. The molecule has 1 aliphatic rings. The van der Waals surface area contributed by atoms with Crippen molar-refractivity contribution in [2.75, 3.05) is 13.1 Å². The summed E-state index contributed by atoms with van der Waals surface area (Å²) < 4.78 is 3.07. The molecule has 0 radical (unpaired) electrons. The van der Waals surface area contributed by atoms with Crippen molar-refractivity contribution >= 4 is 33.4 Å². The van der Waals surface area contributed by atoms with E-state index < -0.39 is 0 Å². The van der Waals surface area contributed by atoms with Crippen LogP contribution in [0.3, 0.4) is 0 Å². The highest BCUT2D eigenvalue weighted by atomic mass is 32.1. The Morgan fingerprint density at radius 1 is 1.21 bits per heavy atom. The maximum atomic E-state index is 13.0. The van der Waals surface area contributed by atoms with Crippen LogP contribution < -0.4 is 5.32 Å². The molecule has 0 spiro atoms. The highest BCUT2D eigenvalue weighted by Gasteiger charge is 2.30. The second kappa shape index (κ2) is 7.80. The lowest BCUT2D eigenvalue weighted by Gasteiger charge is -2.32. The summed E-state index contributed by atoms with van der Waals surface area (Å²) in [7, 11) is 1.93. The van der Waals surface area contributed by atoms with Gasteiger partial charge in [-0.3, -0.25) is 9.59 Å². The average Bonchev–Trinajstić information content (AvgIpc) is 3.30. The number of benzene rings is 1. The second-order valence-electron chi connectivity index (χ2n) is 7.55. The normalized spacial score (nSPS) is 17.1. The van der Waals surface area contributed by atoms with Crippen LogP contribution >= 0.6 is 11.3 Å². The van der Waals surface area contributed by atoms with Gasteiger partial charge in [0.25, 0.3) is 5.91 Å². The lowest BCUT2D eigenvalue weighted by Crippen LogP contribution is -2.45. The number of rotatable bonds is 4. The molecule has 3 heterocycles. The molecule has 1 N–H and O–H groups in total. The fourth-order valence-corrected chi connectivity index (χ4v) is 4.68. The molecule has 0 saturated carbocycles. The lowest BCUT2D eigenvalue weighted by molar-refractivity contribution is -0.126. The quantitative estimate of drug-likeness (QED) is 0.732. The van der Waals surface area contributed by atoms with Crippen LogP contribution in [0.15, 0.2) is 41.8 Å². The summed E-state index contributed by atoms with van der Waals surface area (Å²) in [6.45, 7) is 3.76. The molecule has 2 amide bonds. The zero-order valence-corrected chi connectivity index (χ0v) is 17.1. The summed E-state index contributed by atoms with van der Waals surface area (Å²) in [5.41, 5.74) is 4.07. The molecule has 1 fully saturated rings. The van der Waals surface area contributed by atoms with Crippen molar-refractivity contribution in [3.05, 3.63) is 58.6 Å². The molecule has 5 nitrogen and oxygen atoms in total. The van der Waals surface area contributed by atoms with Gasteiger partial charge in [0.15, 0.2) is 0 Å². The first-order chi connectivity index (χ1) is 13.5. The third-order valence-electron chi connectivity index (χ3n) is 5.55. The van der Waals surface area contributed by atoms with Gasteiger partial charge in [0.1, 0.15) is 5.69 Å². The van der Waals surface area contributed by atoms with Gasteiger partial charge in [0, 0.05) is 26.7 Å². The number of fused-ring (bicyclic) bond motifs is 1. The van der Waals surface area contributed by atoms with Crippen molar-refractivity contribution < 1.29 is 9.59 Å². The van der Waals surface area contributed by atoms with E-state index >= 15 is 0 Å². The Morgan fingerprint density at radius 3 is 2.75 bits per heavy atom. The second-order valence-corrected chi connectivity index (χ2v) is 8.50. The third kappa shape index (κ3) is 3.69. The van der Waals surface area contributed by atoms with E-state index in [0.717, 1.165) is 28.6 Å². The number of thiophene rings is 1. The Labute approximate surface area is 169 Å². The minimum absolute atomic E-state index is 0.0157. The van der Waals surface area contributed by atoms with E-state index in [2.05, 4.69) is 5.32 Å². The fourth-order valence-electron chi connectivity index (χ4n) is 3.83. The number of hydrogen-bond acceptors (Lipinski definition) is 3. The Hall–Kier alpha value is -2.60. The molecule has 1 atom stereocenters. The molecular weight excluding hydrogens is 370 g/mol. The topological polar surface area (TPSA) is 54.3 Å². The molecule has 1 saturated heterocycles. The first-order valence-corrected chi connectivity index (χ1v) is 10.6. The molecule has 146 valence electrons. The molecule has 1 aromatic carbocycles. The predicted molar refractivity (Wildman–Crippen MR) is 112 cm³/mol. The zero-order valence-electron chi connectivity index (χ0n) is 16.3. The van der Waals surface area contributed by atoms with Gasteiger partial charge < -0.3 is 14.8 Å². The van der Waals surface area contributed by atoms with Crippen molar-refractivity contribution in [2.45, 2.75) is 26.3 Å². The van der Waals surface area contributed by atoms with Gasteiger partial charge in [0.2, 0.25) is 5.91 Å². The highest BCUT2D eigenvalue weighted by Crippen LogP contribution is 2.26. The largest absolute Gasteiger partial charge is 0.352 e. The molecule has 0 aliphatic carbocycles. The zero-order chi connectivity index (χ0) is 19.7. The summed E-state index contributed by atoms with van der Waals surface area (Å²) in [5, 5.41) is 5.07. The predicted octanol–water partition coefficient (Wildman–Crippen LogP) is 3.72. The molecule has 3 aromatic rings. The number of hydrogen-bond donors (Lipinski definition) is 1. The average molecular weight is 396 g/mol. The minimum Gasteiger partial charge on any atom is -0.352 e. The maximum absolute atomic E-state index is 13.0. The summed E-state index contributed by atoms with van der Waals surface area (Å²) in [6, 6.07) is 12.2. The summed E-state index contributed by atoms with van der Waals surface area (Å²) in [5.74, 6) is -0.0996. The number of nitrogens with zero attached hydrogens (tertiary/aromatic N) is 2. The minimum atomic E-state index is -0.149. The van der Waals surface area contributed by atoms with Crippen LogP contribution in [0.5, 0.6) is 0 Å². The maximum Gasteiger partial charge on any atom is 0.270 e. The molecule has 1 aliphatic heterocycles. The Morgan fingerprint density at radius 2 is 2.00 bits per heavy atom. The number of aromatic nitrogens is 1. The molecule has 4 rings (SSSR count). The van der Waals surface area contributed by atoms with Crippen LogP contribution in [0.1, 0.15) is 34.5 Å². The highest BCUT2D eigenvalue weighted by molar-refractivity contribution is 7.17. The van der Waals surface area contributed by atoms with Crippen molar-refractivity contribution in [3.63, 3.8) is 0 Å². The van der Waals surface area contributed by atoms with Gasteiger partial charge >= 0.3 is 0 Å². The van der Waals surface area contributed by atoms with Gasteiger partial charge in [-0.25, -0.2) is 0 Å². The number of piperidine rings is 1. The Balaban J connectivity index is 1.39. The molecular formula is C22H25N3O2S. The van der Waals surface area contributed by atoms with Crippen LogP contribution in [-0.4, -0.2) is 34.4 Å². The number of carbonyl (C=O) groups is 2. The molecule has 2 aromatic heterocycles. The number of carbonyl (C=O) groups excluding carboxylic acids is 2. The standard InChI is InChI=1S/C22H25N3O2S/c1-15-5-7-16(8-6-15)13-23-21(26)17-4-3-10-25(14-17)22(27)19-12-20-18(24(19)2)9-11-28-20/h5-9,11-12,17H,3-4,10,13-14H2,1-2H3,(H,23,26). The van der Waals surface area contributed by atoms with E-state index in [1.165, 1.54) is 5.56 Å². The lowest BCUT2D eigenvalue weighted by atomic mass is 9.96. The first-order valence-electron chi connectivity index (χ1n) is 9.68. The SMILES string of the molecule is Cc1ccc(CNC(=O)C2CCCN(C(=O)c3cc4sccc4n3C)C2)cc1.